The van der Waals surface area contributed by atoms with Gasteiger partial charge in [0.15, 0.2) is 5.75 Å². The second-order valence-corrected chi connectivity index (χ2v) is 3.74. The van der Waals surface area contributed by atoms with Crippen LogP contribution in [0.4, 0.5) is 5.69 Å². The lowest BCUT2D eigenvalue weighted by Crippen LogP contribution is -2.39. The summed E-state index contributed by atoms with van der Waals surface area (Å²) in [5.41, 5.74) is 5.76. The normalized spacial score (nSPS) is 9.89. The highest BCUT2D eigenvalue weighted by Gasteiger charge is 2.20. The fraction of sp³-hybridized carbons (Fsp3) is 0.333. The summed E-state index contributed by atoms with van der Waals surface area (Å²) >= 11 is 0. The number of carbonyl (C=O) groups excluding carboxylic acids is 2. The fourth-order valence-corrected chi connectivity index (χ4v) is 1.48. The number of nitrogen functional groups attached to an aromatic ring is 1. The molecule has 98 valence electrons. The number of rotatable bonds is 4. The predicted octanol–water partition coefficient (Wildman–Crippen LogP) is 0.182. The van der Waals surface area contributed by atoms with Crippen LogP contribution < -0.4 is 11.1 Å². The molecular formula is C12H17N3O3. The minimum atomic E-state index is -0.425. The number of anilines is 1. The number of carbonyl (C=O) groups is 2. The first-order valence-electron chi connectivity index (χ1n) is 5.58. The van der Waals surface area contributed by atoms with E-state index in [0.717, 1.165) is 0 Å². The van der Waals surface area contributed by atoms with Crippen molar-refractivity contribution < 1.29 is 14.7 Å². The lowest BCUT2D eigenvalue weighted by molar-refractivity contribution is -0.121. The van der Waals surface area contributed by atoms with E-state index in [1.807, 2.05) is 0 Å². The van der Waals surface area contributed by atoms with Gasteiger partial charge >= 0.3 is 0 Å². The molecule has 0 aliphatic carbocycles. The Balaban J connectivity index is 2.97. The van der Waals surface area contributed by atoms with Gasteiger partial charge in [-0.2, -0.15) is 0 Å². The van der Waals surface area contributed by atoms with E-state index in [1.165, 1.54) is 24.1 Å². The van der Waals surface area contributed by atoms with E-state index < -0.39 is 5.91 Å². The number of para-hydroxylation sites is 1. The second-order valence-electron chi connectivity index (χ2n) is 3.74. The fourth-order valence-electron chi connectivity index (χ4n) is 1.48. The van der Waals surface area contributed by atoms with Gasteiger partial charge in [-0.3, -0.25) is 9.59 Å². The van der Waals surface area contributed by atoms with Gasteiger partial charge in [0.05, 0.1) is 17.8 Å². The Morgan fingerprint density at radius 1 is 1.44 bits per heavy atom. The van der Waals surface area contributed by atoms with Gasteiger partial charge in [-0.05, 0) is 19.1 Å². The predicted molar refractivity (Wildman–Crippen MR) is 68.2 cm³/mol. The van der Waals surface area contributed by atoms with Crippen LogP contribution in [0.1, 0.15) is 17.3 Å². The van der Waals surface area contributed by atoms with Crippen molar-refractivity contribution in [3.63, 3.8) is 0 Å². The summed E-state index contributed by atoms with van der Waals surface area (Å²) in [7, 11) is 1.50. The summed E-state index contributed by atoms with van der Waals surface area (Å²) in [5, 5.41) is 12.2. The van der Waals surface area contributed by atoms with Crippen molar-refractivity contribution >= 4 is 17.5 Å². The largest absolute Gasteiger partial charge is 0.505 e. The van der Waals surface area contributed by atoms with E-state index in [2.05, 4.69) is 5.32 Å². The zero-order valence-electron chi connectivity index (χ0n) is 10.4. The number of nitrogens with one attached hydrogen (secondary N) is 1. The second kappa shape index (κ2) is 5.90. The number of aromatic hydroxyl groups is 1. The molecule has 6 heteroatoms. The first-order chi connectivity index (χ1) is 8.51. The number of phenolic OH excluding ortho intramolecular Hbond substituents is 1. The molecule has 0 saturated carbocycles. The summed E-state index contributed by atoms with van der Waals surface area (Å²) in [6, 6.07) is 4.55. The monoisotopic (exact) mass is 251 g/mol. The molecule has 0 aliphatic rings. The van der Waals surface area contributed by atoms with Crippen LogP contribution in [0.15, 0.2) is 18.2 Å². The molecule has 0 radical (unpaired) electrons. The lowest BCUT2D eigenvalue weighted by atomic mass is 10.1. The Bertz CT molecular complexity index is 460. The molecule has 1 aromatic carbocycles. The number of nitrogens with zero attached hydrogens (tertiary/aromatic N) is 1. The molecule has 0 aromatic heterocycles. The molecule has 0 spiro atoms. The Morgan fingerprint density at radius 3 is 2.67 bits per heavy atom. The standard InChI is InChI=1S/C12H17N3O3/c1-3-15(7-10(16)14-2)12(18)8-5-4-6-9(13)11(8)17/h4-6,17H,3,7,13H2,1-2H3,(H,14,16). The van der Waals surface area contributed by atoms with Crippen LogP contribution in [0.3, 0.4) is 0 Å². The van der Waals surface area contributed by atoms with Crippen molar-refractivity contribution in [2.75, 3.05) is 25.9 Å². The molecule has 0 bridgehead atoms. The van der Waals surface area contributed by atoms with Crippen molar-refractivity contribution in [3.05, 3.63) is 23.8 Å². The average molecular weight is 251 g/mol. The van der Waals surface area contributed by atoms with Crippen LogP contribution in [0.25, 0.3) is 0 Å². The summed E-state index contributed by atoms with van der Waals surface area (Å²) in [6.45, 7) is 2.06. The maximum absolute atomic E-state index is 12.1. The minimum absolute atomic E-state index is 0.0555. The number of amides is 2. The SMILES string of the molecule is CCN(CC(=O)NC)C(=O)c1cccc(N)c1O. The van der Waals surface area contributed by atoms with Gasteiger partial charge in [-0.1, -0.05) is 6.07 Å². The number of likely N-dealkylation sites (N-methyl/N-ethyl adjacent to an activating group) is 2. The Labute approximate surface area is 105 Å². The zero-order chi connectivity index (χ0) is 13.7. The maximum Gasteiger partial charge on any atom is 0.258 e. The van der Waals surface area contributed by atoms with Gasteiger partial charge in [0, 0.05) is 13.6 Å². The lowest BCUT2D eigenvalue weighted by Gasteiger charge is -2.20. The molecule has 18 heavy (non-hydrogen) atoms. The van der Waals surface area contributed by atoms with Gasteiger partial charge in [0.25, 0.3) is 5.91 Å². The Kier molecular flexibility index (Phi) is 4.53. The number of benzene rings is 1. The van der Waals surface area contributed by atoms with Crippen molar-refractivity contribution in [3.8, 4) is 5.75 Å². The minimum Gasteiger partial charge on any atom is -0.505 e. The molecule has 0 saturated heterocycles. The van der Waals surface area contributed by atoms with E-state index in [0.29, 0.717) is 6.54 Å². The highest BCUT2D eigenvalue weighted by Crippen LogP contribution is 2.25. The van der Waals surface area contributed by atoms with E-state index in [4.69, 9.17) is 5.73 Å². The molecular weight excluding hydrogens is 234 g/mol. The summed E-state index contributed by atoms with van der Waals surface area (Å²) in [4.78, 5) is 24.7. The zero-order valence-corrected chi connectivity index (χ0v) is 10.4. The van der Waals surface area contributed by atoms with Crippen molar-refractivity contribution in [2.45, 2.75) is 6.92 Å². The molecule has 0 aliphatic heterocycles. The smallest absolute Gasteiger partial charge is 0.258 e. The number of phenols is 1. The molecule has 4 N–H and O–H groups in total. The van der Waals surface area contributed by atoms with E-state index in [-0.39, 0.29) is 29.5 Å². The van der Waals surface area contributed by atoms with E-state index >= 15 is 0 Å². The van der Waals surface area contributed by atoms with Gasteiger partial charge in [-0.25, -0.2) is 0 Å². The Hall–Kier alpha value is -2.24. The van der Waals surface area contributed by atoms with E-state index in [9.17, 15) is 14.7 Å². The van der Waals surface area contributed by atoms with Crippen LogP contribution in [-0.2, 0) is 4.79 Å². The number of nitrogens with two attached hydrogens (primary N) is 1. The third-order valence-electron chi connectivity index (χ3n) is 2.58. The average Bonchev–Trinajstić information content (AvgIpc) is 2.38. The van der Waals surface area contributed by atoms with Crippen molar-refractivity contribution in [1.82, 2.24) is 10.2 Å². The van der Waals surface area contributed by atoms with Crippen LogP contribution in [-0.4, -0.2) is 42.0 Å². The molecule has 1 rings (SSSR count). The van der Waals surface area contributed by atoms with Crippen LogP contribution in [0, 0.1) is 0 Å². The third-order valence-corrected chi connectivity index (χ3v) is 2.58. The first-order valence-corrected chi connectivity index (χ1v) is 5.58. The molecule has 0 unspecified atom stereocenters. The highest BCUT2D eigenvalue weighted by atomic mass is 16.3. The van der Waals surface area contributed by atoms with E-state index in [1.54, 1.807) is 13.0 Å². The summed E-state index contributed by atoms with van der Waals surface area (Å²) in [6.07, 6.45) is 0. The quantitative estimate of drug-likeness (QED) is 0.525. The first kappa shape index (κ1) is 13.8. The van der Waals surface area contributed by atoms with Gasteiger partial charge in [0.1, 0.15) is 0 Å². The Morgan fingerprint density at radius 2 is 2.11 bits per heavy atom. The number of hydrogen-bond acceptors (Lipinski definition) is 4. The molecule has 1 aromatic rings. The highest BCUT2D eigenvalue weighted by molar-refractivity contribution is 6.00. The third kappa shape index (κ3) is 2.91. The van der Waals surface area contributed by atoms with Crippen LogP contribution in [0.2, 0.25) is 0 Å². The molecule has 2 amide bonds. The van der Waals surface area contributed by atoms with Gasteiger partial charge in [0.2, 0.25) is 5.91 Å². The summed E-state index contributed by atoms with van der Waals surface area (Å²) in [5.74, 6) is -0.947. The topological polar surface area (TPSA) is 95.7 Å². The summed E-state index contributed by atoms with van der Waals surface area (Å²) < 4.78 is 0. The van der Waals surface area contributed by atoms with Crippen molar-refractivity contribution in [1.29, 1.82) is 0 Å². The van der Waals surface area contributed by atoms with Crippen molar-refractivity contribution in [2.24, 2.45) is 0 Å². The molecule has 0 atom stereocenters. The van der Waals surface area contributed by atoms with Gasteiger partial charge < -0.3 is 21.1 Å². The number of hydrogen-bond donors (Lipinski definition) is 3. The molecule has 0 fully saturated rings. The van der Waals surface area contributed by atoms with Gasteiger partial charge in [-0.15, -0.1) is 0 Å². The molecule has 6 nitrogen and oxygen atoms in total. The van der Waals surface area contributed by atoms with Crippen LogP contribution in [0.5, 0.6) is 5.75 Å². The maximum atomic E-state index is 12.1. The molecule has 0 heterocycles. The van der Waals surface area contributed by atoms with Crippen LogP contribution >= 0.6 is 0 Å².